The van der Waals surface area contributed by atoms with Crippen molar-refractivity contribution in [2.45, 2.75) is 13.5 Å². The predicted molar refractivity (Wildman–Crippen MR) is 117 cm³/mol. The molecule has 4 aromatic rings. The summed E-state index contributed by atoms with van der Waals surface area (Å²) < 4.78 is 10.0. The SMILES string of the molecule is Cc1ccccc1-c1noc(CN2CCN(c3nc(-c4ccccc4)ns3)CC2)n1. The Morgan fingerprint density at radius 1 is 0.900 bits per heavy atom. The van der Waals surface area contributed by atoms with E-state index in [0.29, 0.717) is 18.3 Å². The highest BCUT2D eigenvalue weighted by molar-refractivity contribution is 7.09. The molecule has 0 N–H and O–H groups in total. The number of piperazine rings is 1. The standard InChI is InChI=1S/C22H22N6OS/c1-16-7-5-6-10-18(16)21-23-19(29-25-21)15-27-11-13-28(14-12-27)22-24-20(26-30-22)17-8-3-2-4-9-17/h2-10H,11-15H2,1H3. The second kappa shape index (κ2) is 8.33. The number of benzene rings is 2. The van der Waals surface area contributed by atoms with Gasteiger partial charge in [0.15, 0.2) is 5.82 Å². The highest BCUT2D eigenvalue weighted by Gasteiger charge is 2.22. The molecule has 0 bridgehead atoms. The maximum absolute atomic E-state index is 5.50. The molecule has 3 heterocycles. The third kappa shape index (κ3) is 3.96. The number of anilines is 1. The van der Waals surface area contributed by atoms with Crippen molar-refractivity contribution >= 4 is 16.7 Å². The minimum Gasteiger partial charge on any atom is -0.344 e. The molecule has 0 atom stereocenters. The van der Waals surface area contributed by atoms with Crippen molar-refractivity contribution in [1.82, 2.24) is 24.4 Å². The third-order valence-corrected chi connectivity index (χ3v) is 6.08. The fourth-order valence-electron chi connectivity index (χ4n) is 3.59. The highest BCUT2D eigenvalue weighted by Crippen LogP contribution is 2.25. The van der Waals surface area contributed by atoms with E-state index in [0.717, 1.165) is 53.8 Å². The van der Waals surface area contributed by atoms with Crippen LogP contribution < -0.4 is 4.90 Å². The topological polar surface area (TPSA) is 71.2 Å². The zero-order chi connectivity index (χ0) is 20.3. The maximum atomic E-state index is 5.50. The van der Waals surface area contributed by atoms with E-state index in [2.05, 4.69) is 37.3 Å². The lowest BCUT2D eigenvalue weighted by Gasteiger charge is -2.33. The molecule has 1 aliphatic rings. The van der Waals surface area contributed by atoms with Crippen molar-refractivity contribution in [3.8, 4) is 22.8 Å². The molecule has 0 unspecified atom stereocenters. The van der Waals surface area contributed by atoms with E-state index < -0.39 is 0 Å². The Labute approximate surface area is 179 Å². The van der Waals surface area contributed by atoms with Crippen LogP contribution in [0.2, 0.25) is 0 Å². The van der Waals surface area contributed by atoms with E-state index in [1.165, 1.54) is 11.5 Å². The Bertz CT molecular complexity index is 1120. The van der Waals surface area contributed by atoms with Gasteiger partial charge >= 0.3 is 0 Å². The van der Waals surface area contributed by atoms with E-state index in [9.17, 15) is 0 Å². The first-order valence-electron chi connectivity index (χ1n) is 10.0. The Hall–Kier alpha value is -3.10. The number of hydrogen-bond acceptors (Lipinski definition) is 8. The molecule has 7 nitrogen and oxygen atoms in total. The number of rotatable bonds is 5. The second-order valence-electron chi connectivity index (χ2n) is 7.36. The number of aryl methyl sites for hydroxylation is 1. The van der Waals surface area contributed by atoms with Crippen LogP contribution in [0.3, 0.4) is 0 Å². The van der Waals surface area contributed by atoms with Crippen molar-refractivity contribution in [2.24, 2.45) is 0 Å². The molecule has 0 aliphatic carbocycles. The molecule has 0 amide bonds. The van der Waals surface area contributed by atoms with Crippen LogP contribution in [-0.4, -0.2) is 50.6 Å². The van der Waals surface area contributed by atoms with Crippen LogP contribution in [0, 0.1) is 6.92 Å². The Morgan fingerprint density at radius 2 is 1.67 bits per heavy atom. The molecule has 2 aromatic carbocycles. The van der Waals surface area contributed by atoms with Crippen molar-refractivity contribution in [3.63, 3.8) is 0 Å². The summed E-state index contributed by atoms with van der Waals surface area (Å²) in [4.78, 5) is 14.0. The van der Waals surface area contributed by atoms with E-state index in [1.807, 2.05) is 48.5 Å². The van der Waals surface area contributed by atoms with Gasteiger partial charge < -0.3 is 9.42 Å². The quantitative estimate of drug-likeness (QED) is 0.487. The van der Waals surface area contributed by atoms with Gasteiger partial charge in [-0.3, -0.25) is 4.90 Å². The second-order valence-corrected chi connectivity index (χ2v) is 8.09. The van der Waals surface area contributed by atoms with Gasteiger partial charge in [0, 0.05) is 48.8 Å². The number of aromatic nitrogens is 4. The Balaban J connectivity index is 1.19. The van der Waals surface area contributed by atoms with Crippen LogP contribution >= 0.6 is 11.5 Å². The molecule has 0 saturated carbocycles. The molecule has 0 spiro atoms. The molecule has 0 radical (unpaired) electrons. The molecule has 30 heavy (non-hydrogen) atoms. The first-order chi connectivity index (χ1) is 14.8. The van der Waals surface area contributed by atoms with Gasteiger partial charge in [-0.2, -0.15) is 14.3 Å². The van der Waals surface area contributed by atoms with E-state index in [-0.39, 0.29) is 0 Å². The summed E-state index contributed by atoms with van der Waals surface area (Å²) >= 11 is 1.46. The Kier molecular flexibility index (Phi) is 5.25. The summed E-state index contributed by atoms with van der Waals surface area (Å²) in [6, 6.07) is 18.2. The number of nitrogens with zero attached hydrogens (tertiary/aromatic N) is 6. The zero-order valence-electron chi connectivity index (χ0n) is 16.7. The predicted octanol–water partition coefficient (Wildman–Crippen LogP) is 3.89. The first kappa shape index (κ1) is 18.9. The molecule has 1 fully saturated rings. The van der Waals surface area contributed by atoms with Crippen molar-refractivity contribution < 1.29 is 4.52 Å². The first-order valence-corrected chi connectivity index (χ1v) is 10.8. The van der Waals surface area contributed by atoms with Gasteiger partial charge in [0.25, 0.3) is 0 Å². The lowest BCUT2D eigenvalue weighted by atomic mass is 10.1. The lowest BCUT2D eigenvalue weighted by molar-refractivity contribution is 0.215. The summed E-state index contributed by atoms with van der Waals surface area (Å²) in [6.45, 7) is 6.37. The van der Waals surface area contributed by atoms with E-state index in [1.54, 1.807) is 0 Å². The van der Waals surface area contributed by atoms with Gasteiger partial charge in [-0.1, -0.05) is 59.8 Å². The van der Waals surface area contributed by atoms with Crippen molar-refractivity contribution in [3.05, 3.63) is 66.1 Å². The Morgan fingerprint density at radius 3 is 2.47 bits per heavy atom. The molecule has 1 saturated heterocycles. The smallest absolute Gasteiger partial charge is 0.241 e. The van der Waals surface area contributed by atoms with Crippen LogP contribution in [-0.2, 0) is 6.54 Å². The van der Waals surface area contributed by atoms with Crippen LogP contribution in [0.5, 0.6) is 0 Å². The molecule has 152 valence electrons. The number of hydrogen-bond donors (Lipinski definition) is 0. The monoisotopic (exact) mass is 418 g/mol. The van der Waals surface area contributed by atoms with Crippen LogP contribution in [0.1, 0.15) is 11.5 Å². The van der Waals surface area contributed by atoms with E-state index in [4.69, 9.17) is 9.51 Å². The summed E-state index contributed by atoms with van der Waals surface area (Å²) in [5.41, 5.74) is 3.22. The van der Waals surface area contributed by atoms with Crippen LogP contribution in [0.25, 0.3) is 22.8 Å². The summed E-state index contributed by atoms with van der Waals surface area (Å²) in [6.07, 6.45) is 0. The summed E-state index contributed by atoms with van der Waals surface area (Å²) in [5.74, 6) is 2.11. The highest BCUT2D eigenvalue weighted by atomic mass is 32.1. The van der Waals surface area contributed by atoms with Crippen LogP contribution in [0.15, 0.2) is 59.1 Å². The largest absolute Gasteiger partial charge is 0.344 e. The van der Waals surface area contributed by atoms with Gasteiger partial charge in [-0.25, -0.2) is 0 Å². The minimum atomic E-state index is 0.656. The molecular formula is C22H22N6OS. The maximum Gasteiger partial charge on any atom is 0.241 e. The van der Waals surface area contributed by atoms with Crippen LogP contribution in [0.4, 0.5) is 5.13 Å². The third-order valence-electron chi connectivity index (χ3n) is 5.30. The van der Waals surface area contributed by atoms with Gasteiger partial charge in [0.1, 0.15) is 0 Å². The molecule has 8 heteroatoms. The molecule has 5 rings (SSSR count). The zero-order valence-corrected chi connectivity index (χ0v) is 17.5. The molecule has 2 aromatic heterocycles. The van der Waals surface area contributed by atoms with Gasteiger partial charge in [0.05, 0.1) is 6.54 Å². The summed E-state index contributed by atoms with van der Waals surface area (Å²) in [7, 11) is 0. The van der Waals surface area contributed by atoms with Crippen molar-refractivity contribution in [1.29, 1.82) is 0 Å². The van der Waals surface area contributed by atoms with Gasteiger partial charge in [-0.05, 0) is 12.5 Å². The fraction of sp³-hybridized carbons (Fsp3) is 0.273. The lowest BCUT2D eigenvalue weighted by Crippen LogP contribution is -2.46. The average Bonchev–Trinajstić information content (AvgIpc) is 3.46. The fourth-order valence-corrected chi connectivity index (χ4v) is 4.33. The minimum absolute atomic E-state index is 0.656. The van der Waals surface area contributed by atoms with E-state index >= 15 is 0 Å². The van der Waals surface area contributed by atoms with Crippen molar-refractivity contribution in [2.75, 3.05) is 31.1 Å². The molecular weight excluding hydrogens is 396 g/mol. The normalized spacial score (nSPS) is 14.9. The summed E-state index contributed by atoms with van der Waals surface area (Å²) in [5, 5.41) is 5.15. The average molecular weight is 419 g/mol. The molecule has 1 aliphatic heterocycles. The van der Waals surface area contributed by atoms with Gasteiger partial charge in [-0.15, -0.1) is 0 Å². The van der Waals surface area contributed by atoms with Gasteiger partial charge in [0.2, 0.25) is 16.8 Å².